The first-order valence-electron chi connectivity index (χ1n) is 6.18. The van der Waals surface area contributed by atoms with Gasteiger partial charge in [0.2, 0.25) is 0 Å². The highest BCUT2D eigenvalue weighted by molar-refractivity contribution is 6.35. The molecule has 0 radical (unpaired) electrons. The van der Waals surface area contributed by atoms with E-state index in [0.29, 0.717) is 26.2 Å². The molecule has 1 unspecified atom stereocenters. The van der Waals surface area contributed by atoms with Gasteiger partial charge in [0.05, 0.1) is 6.21 Å². The highest BCUT2D eigenvalue weighted by Crippen LogP contribution is 2.18. The number of aliphatic hydroxyl groups is 1. The van der Waals surface area contributed by atoms with Gasteiger partial charge in [0, 0.05) is 15.1 Å². The van der Waals surface area contributed by atoms with E-state index in [2.05, 4.69) is 10.5 Å². The second-order valence-corrected chi connectivity index (χ2v) is 5.70. The molecule has 2 aromatic carbocycles. The zero-order chi connectivity index (χ0) is 16.1. The van der Waals surface area contributed by atoms with Crippen LogP contribution in [0.1, 0.15) is 17.2 Å². The summed E-state index contributed by atoms with van der Waals surface area (Å²) in [5.41, 5.74) is 3.29. The first-order valence-corrected chi connectivity index (χ1v) is 7.31. The van der Waals surface area contributed by atoms with Crippen molar-refractivity contribution in [1.29, 1.82) is 0 Å². The van der Waals surface area contributed by atoms with Crippen LogP contribution in [0.15, 0.2) is 47.6 Å². The monoisotopic (exact) mass is 356 g/mol. The zero-order valence-corrected chi connectivity index (χ0v) is 13.4. The van der Waals surface area contributed by atoms with E-state index in [1.807, 2.05) is 0 Å². The Balaban J connectivity index is 1.99. The number of aliphatic hydroxyl groups excluding tert-OH is 1. The molecule has 0 heterocycles. The molecule has 0 aromatic heterocycles. The van der Waals surface area contributed by atoms with Crippen LogP contribution in [0, 0.1) is 0 Å². The number of rotatable bonds is 4. The summed E-state index contributed by atoms with van der Waals surface area (Å²) in [6.07, 6.45) is 0.0434. The quantitative estimate of drug-likeness (QED) is 0.645. The van der Waals surface area contributed by atoms with Crippen LogP contribution in [-0.4, -0.2) is 17.2 Å². The van der Waals surface area contributed by atoms with Gasteiger partial charge in [-0.15, -0.1) is 0 Å². The van der Waals surface area contributed by atoms with E-state index in [1.54, 1.807) is 42.5 Å². The van der Waals surface area contributed by atoms with Crippen LogP contribution in [0.5, 0.6) is 0 Å². The van der Waals surface area contributed by atoms with Gasteiger partial charge in [-0.25, -0.2) is 5.43 Å². The Kier molecular flexibility index (Phi) is 5.80. The third-order valence-corrected chi connectivity index (χ3v) is 3.40. The number of hydrogen-bond acceptors (Lipinski definition) is 3. The molecule has 2 aromatic rings. The summed E-state index contributed by atoms with van der Waals surface area (Å²) in [5.74, 6) is -0.660. The summed E-state index contributed by atoms with van der Waals surface area (Å²) in [7, 11) is 0. The first kappa shape index (κ1) is 16.8. The number of amides is 1. The van der Waals surface area contributed by atoms with Gasteiger partial charge >= 0.3 is 0 Å². The minimum atomic E-state index is -1.34. The lowest BCUT2D eigenvalue weighted by molar-refractivity contribution is -0.129. The smallest absolute Gasteiger partial charge is 0.273 e. The Bertz CT molecular complexity index is 682. The molecule has 0 spiro atoms. The summed E-state index contributed by atoms with van der Waals surface area (Å²) >= 11 is 17.4. The van der Waals surface area contributed by atoms with Crippen molar-refractivity contribution >= 4 is 46.9 Å². The Hall–Kier alpha value is -1.59. The molecule has 7 heteroatoms. The molecule has 0 bridgehead atoms. The van der Waals surface area contributed by atoms with Crippen LogP contribution in [-0.2, 0) is 4.79 Å². The van der Waals surface area contributed by atoms with Crippen molar-refractivity contribution in [3.05, 3.63) is 68.7 Å². The van der Waals surface area contributed by atoms with Gasteiger partial charge in [0.25, 0.3) is 5.91 Å². The van der Waals surface area contributed by atoms with Gasteiger partial charge in [-0.2, -0.15) is 5.10 Å². The summed E-state index contributed by atoms with van der Waals surface area (Å²) in [5, 5.41) is 15.1. The molecule has 0 aliphatic carbocycles. The molecular formula is C15H11Cl3N2O2. The maximum absolute atomic E-state index is 11.8. The highest BCUT2D eigenvalue weighted by atomic mass is 35.5. The lowest BCUT2D eigenvalue weighted by Gasteiger charge is -2.08. The van der Waals surface area contributed by atoms with E-state index in [4.69, 9.17) is 34.8 Å². The van der Waals surface area contributed by atoms with E-state index in [9.17, 15) is 9.90 Å². The molecule has 1 amide bonds. The number of hydrazone groups is 1. The number of halogens is 3. The fourth-order valence-electron chi connectivity index (χ4n) is 1.68. The maximum atomic E-state index is 11.8. The molecule has 0 fully saturated rings. The number of nitrogens with zero attached hydrogens (tertiary/aromatic N) is 1. The van der Waals surface area contributed by atoms with E-state index >= 15 is 0 Å². The second kappa shape index (κ2) is 7.61. The van der Waals surface area contributed by atoms with Gasteiger partial charge < -0.3 is 5.11 Å². The molecule has 2 rings (SSSR count). The minimum absolute atomic E-state index is 0.419. The fourth-order valence-corrected chi connectivity index (χ4v) is 2.35. The molecule has 114 valence electrons. The van der Waals surface area contributed by atoms with Crippen molar-refractivity contribution in [1.82, 2.24) is 5.43 Å². The van der Waals surface area contributed by atoms with Gasteiger partial charge in [0.1, 0.15) is 0 Å². The number of benzene rings is 2. The van der Waals surface area contributed by atoms with E-state index in [0.717, 1.165) is 0 Å². The maximum Gasteiger partial charge on any atom is 0.273 e. The molecule has 0 aliphatic rings. The van der Waals surface area contributed by atoms with Gasteiger partial charge in [0.15, 0.2) is 6.10 Å². The molecule has 0 saturated heterocycles. The van der Waals surface area contributed by atoms with Crippen LogP contribution >= 0.6 is 34.8 Å². The van der Waals surface area contributed by atoms with Gasteiger partial charge in [-0.3, -0.25) is 4.79 Å². The van der Waals surface area contributed by atoms with Crippen molar-refractivity contribution < 1.29 is 9.90 Å². The Labute approximate surface area is 142 Å². The average molecular weight is 358 g/mol. The van der Waals surface area contributed by atoms with Crippen LogP contribution in [0.3, 0.4) is 0 Å². The van der Waals surface area contributed by atoms with Crippen LogP contribution in [0.25, 0.3) is 0 Å². The van der Waals surface area contributed by atoms with Crippen molar-refractivity contribution in [3.63, 3.8) is 0 Å². The van der Waals surface area contributed by atoms with E-state index in [1.165, 1.54) is 6.21 Å². The average Bonchev–Trinajstić information content (AvgIpc) is 2.46. The summed E-state index contributed by atoms with van der Waals surface area (Å²) in [6, 6.07) is 11.2. The minimum Gasteiger partial charge on any atom is -0.378 e. The van der Waals surface area contributed by atoms with Crippen LogP contribution in [0.4, 0.5) is 0 Å². The third kappa shape index (κ3) is 4.71. The number of hydrogen-bond donors (Lipinski definition) is 2. The van der Waals surface area contributed by atoms with Crippen molar-refractivity contribution in [2.45, 2.75) is 6.10 Å². The van der Waals surface area contributed by atoms with E-state index in [-0.39, 0.29) is 0 Å². The second-order valence-electron chi connectivity index (χ2n) is 4.39. The molecule has 2 N–H and O–H groups in total. The lowest BCUT2D eigenvalue weighted by Crippen LogP contribution is -2.25. The zero-order valence-electron chi connectivity index (χ0n) is 11.1. The SMILES string of the molecule is O=C(N/N=C/c1cc(Cl)cc(Cl)c1)C(O)c1ccc(Cl)cc1. The predicted octanol–water partition coefficient (Wildman–Crippen LogP) is 3.83. The molecule has 0 saturated carbocycles. The standard InChI is InChI=1S/C15H11Cl3N2O2/c16-11-3-1-10(2-4-11)14(21)15(22)20-19-8-9-5-12(17)7-13(18)6-9/h1-8,14,21H,(H,20,22)/b19-8+. The topological polar surface area (TPSA) is 61.7 Å². The number of carbonyl (C=O) groups is 1. The fraction of sp³-hybridized carbons (Fsp3) is 0.0667. The largest absolute Gasteiger partial charge is 0.378 e. The normalized spacial score (nSPS) is 12.4. The number of nitrogens with one attached hydrogen (secondary N) is 1. The first-order chi connectivity index (χ1) is 10.5. The Morgan fingerprint density at radius 3 is 2.23 bits per heavy atom. The Morgan fingerprint density at radius 1 is 1.05 bits per heavy atom. The third-order valence-electron chi connectivity index (χ3n) is 2.71. The predicted molar refractivity (Wildman–Crippen MR) is 88.6 cm³/mol. The molecule has 4 nitrogen and oxygen atoms in total. The van der Waals surface area contributed by atoms with Crippen molar-refractivity contribution in [2.24, 2.45) is 5.10 Å². The van der Waals surface area contributed by atoms with Crippen molar-refractivity contribution in [2.75, 3.05) is 0 Å². The molecule has 0 aliphatic heterocycles. The molecule has 1 atom stereocenters. The highest BCUT2D eigenvalue weighted by Gasteiger charge is 2.16. The summed E-state index contributed by atoms with van der Waals surface area (Å²) < 4.78 is 0. The lowest BCUT2D eigenvalue weighted by atomic mass is 10.1. The Morgan fingerprint density at radius 2 is 1.64 bits per heavy atom. The van der Waals surface area contributed by atoms with Crippen molar-refractivity contribution in [3.8, 4) is 0 Å². The van der Waals surface area contributed by atoms with Crippen LogP contribution in [0.2, 0.25) is 15.1 Å². The number of carbonyl (C=O) groups excluding carboxylic acids is 1. The van der Waals surface area contributed by atoms with Crippen LogP contribution < -0.4 is 5.43 Å². The summed E-state index contributed by atoms with van der Waals surface area (Å²) in [4.78, 5) is 11.8. The van der Waals surface area contributed by atoms with Gasteiger partial charge in [-0.1, -0.05) is 46.9 Å². The van der Waals surface area contributed by atoms with Gasteiger partial charge in [-0.05, 0) is 41.5 Å². The summed E-state index contributed by atoms with van der Waals surface area (Å²) in [6.45, 7) is 0. The molecular weight excluding hydrogens is 347 g/mol. The van der Waals surface area contributed by atoms with E-state index < -0.39 is 12.0 Å². The molecule has 22 heavy (non-hydrogen) atoms.